The summed E-state index contributed by atoms with van der Waals surface area (Å²) in [5.74, 6) is -0.403. The van der Waals surface area contributed by atoms with E-state index in [4.69, 9.17) is 4.74 Å². The minimum absolute atomic E-state index is 0.181. The predicted molar refractivity (Wildman–Crippen MR) is 98.4 cm³/mol. The zero-order valence-corrected chi connectivity index (χ0v) is 14.6. The van der Waals surface area contributed by atoms with Gasteiger partial charge in [-0.1, -0.05) is 60.7 Å². The highest BCUT2D eigenvalue weighted by Gasteiger charge is 2.40. The lowest BCUT2D eigenvalue weighted by molar-refractivity contribution is 0.0395. The van der Waals surface area contributed by atoms with Crippen LogP contribution in [-0.2, 0) is 17.8 Å². The van der Waals surface area contributed by atoms with Crippen LogP contribution in [0.15, 0.2) is 60.7 Å². The fourth-order valence-corrected chi connectivity index (χ4v) is 3.59. The number of alkyl carbamates (subject to hydrolysis) is 1. The van der Waals surface area contributed by atoms with Gasteiger partial charge in [0.2, 0.25) is 0 Å². The fourth-order valence-electron chi connectivity index (χ4n) is 3.59. The monoisotopic (exact) mass is 355 g/mol. The molecule has 0 spiro atoms. The summed E-state index contributed by atoms with van der Waals surface area (Å²) in [6.07, 6.45) is -0.196. The van der Waals surface area contributed by atoms with Crippen molar-refractivity contribution in [2.45, 2.75) is 44.1 Å². The first-order chi connectivity index (χ1) is 12.6. The highest BCUT2D eigenvalue weighted by Crippen LogP contribution is 2.30. The van der Waals surface area contributed by atoms with Crippen molar-refractivity contribution in [2.24, 2.45) is 5.92 Å². The van der Waals surface area contributed by atoms with Crippen LogP contribution in [-0.4, -0.2) is 34.6 Å². The molecule has 3 N–H and O–H groups in total. The van der Waals surface area contributed by atoms with Crippen LogP contribution in [0.1, 0.15) is 24.0 Å². The van der Waals surface area contributed by atoms with Crippen LogP contribution in [0.5, 0.6) is 0 Å². The summed E-state index contributed by atoms with van der Waals surface area (Å²) in [7, 11) is 0. The van der Waals surface area contributed by atoms with Crippen molar-refractivity contribution in [3.8, 4) is 0 Å². The van der Waals surface area contributed by atoms with Gasteiger partial charge in [0.15, 0.2) is 0 Å². The highest BCUT2D eigenvalue weighted by molar-refractivity contribution is 5.67. The van der Waals surface area contributed by atoms with Crippen LogP contribution in [0.25, 0.3) is 0 Å². The summed E-state index contributed by atoms with van der Waals surface area (Å²) < 4.78 is 5.31. The SMILES string of the molecule is O=C(N[C@@H](Cc1ccccc1)C1[C@@H](O)CC[C@@H]1O)OCc1ccccc1. The third-order valence-electron chi connectivity index (χ3n) is 4.93. The first kappa shape index (κ1) is 18.4. The molecule has 1 aliphatic rings. The standard InChI is InChI=1S/C21H25NO4/c23-18-11-12-19(24)20(18)17(13-15-7-3-1-4-8-15)22-21(25)26-14-16-9-5-2-6-10-16/h1-10,17-20,23-24H,11-14H2,(H,22,25)/t17-,18-,19-/m0/s1. The molecule has 0 aromatic heterocycles. The molecule has 2 aromatic carbocycles. The van der Waals surface area contributed by atoms with E-state index in [1.54, 1.807) is 0 Å². The van der Waals surface area contributed by atoms with Crippen molar-refractivity contribution in [1.29, 1.82) is 0 Å². The molecular weight excluding hydrogens is 330 g/mol. The van der Waals surface area contributed by atoms with E-state index in [0.717, 1.165) is 11.1 Å². The van der Waals surface area contributed by atoms with Crippen molar-refractivity contribution in [2.75, 3.05) is 0 Å². The molecule has 2 aromatic rings. The second-order valence-corrected chi connectivity index (χ2v) is 6.79. The molecule has 5 heteroatoms. The maximum absolute atomic E-state index is 12.3. The number of amides is 1. The second-order valence-electron chi connectivity index (χ2n) is 6.79. The summed E-state index contributed by atoms with van der Waals surface area (Å²) in [5.41, 5.74) is 1.94. The van der Waals surface area contributed by atoms with Crippen molar-refractivity contribution in [3.63, 3.8) is 0 Å². The van der Waals surface area contributed by atoms with Crippen LogP contribution in [0.2, 0.25) is 0 Å². The number of rotatable bonds is 6. The second kappa shape index (κ2) is 8.83. The summed E-state index contributed by atoms with van der Waals surface area (Å²) in [6, 6.07) is 18.8. The highest BCUT2D eigenvalue weighted by atomic mass is 16.5. The Morgan fingerprint density at radius 2 is 1.50 bits per heavy atom. The molecule has 3 atom stereocenters. The molecule has 26 heavy (non-hydrogen) atoms. The van der Waals surface area contributed by atoms with Crippen LogP contribution in [0.4, 0.5) is 4.79 Å². The number of aliphatic hydroxyl groups excluding tert-OH is 2. The van der Waals surface area contributed by atoms with Crippen LogP contribution < -0.4 is 5.32 Å². The van der Waals surface area contributed by atoms with Gasteiger partial charge in [0.1, 0.15) is 6.61 Å². The smallest absolute Gasteiger partial charge is 0.407 e. The molecule has 0 bridgehead atoms. The molecule has 0 saturated heterocycles. The van der Waals surface area contributed by atoms with Gasteiger partial charge in [-0.05, 0) is 30.4 Å². The molecule has 1 amide bonds. The Balaban J connectivity index is 1.65. The number of carbonyl (C=O) groups excluding carboxylic acids is 1. The van der Waals surface area contributed by atoms with E-state index in [9.17, 15) is 15.0 Å². The van der Waals surface area contributed by atoms with E-state index in [0.29, 0.717) is 19.3 Å². The third-order valence-corrected chi connectivity index (χ3v) is 4.93. The molecule has 3 rings (SSSR count). The average Bonchev–Trinajstić information content (AvgIpc) is 2.99. The van der Waals surface area contributed by atoms with Crippen LogP contribution in [0, 0.1) is 5.92 Å². The van der Waals surface area contributed by atoms with E-state index < -0.39 is 30.3 Å². The summed E-state index contributed by atoms with van der Waals surface area (Å²) in [6.45, 7) is 0.181. The number of hydrogen-bond donors (Lipinski definition) is 3. The lowest BCUT2D eigenvalue weighted by atomic mass is 9.89. The van der Waals surface area contributed by atoms with Gasteiger partial charge >= 0.3 is 6.09 Å². The van der Waals surface area contributed by atoms with Gasteiger partial charge in [-0.25, -0.2) is 4.79 Å². The topological polar surface area (TPSA) is 78.8 Å². The number of benzene rings is 2. The first-order valence-corrected chi connectivity index (χ1v) is 9.01. The van der Waals surface area contributed by atoms with Crippen molar-refractivity contribution in [3.05, 3.63) is 71.8 Å². The molecule has 0 aliphatic heterocycles. The molecule has 138 valence electrons. The van der Waals surface area contributed by atoms with Gasteiger partial charge in [0, 0.05) is 12.0 Å². The summed E-state index contributed by atoms with van der Waals surface area (Å²) >= 11 is 0. The Kier molecular flexibility index (Phi) is 6.26. The minimum Gasteiger partial charge on any atom is -0.445 e. The van der Waals surface area contributed by atoms with Gasteiger partial charge in [-0.15, -0.1) is 0 Å². The fraction of sp³-hybridized carbons (Fsp3) is 0.381. The number of hydrogen-bond acceptors (Lipinski definition) is 4. The lowest BCUT2D eigenvalue weighted by Crippen LogP contribution is -2.48. The molecule has 1 fully saturated rings. The Hall–Kier alpha value is -2.37. The largest absolute Gasteiger partial charge is 0.445 e. The van der Waals surface area contributed by atoms with Gasteiger partial charge in [-0.2, -0.15) is 0 Å². The predicted octanol–water partition coefficient (Wildman–Crippen LogP) is 2.66. The Bertz CT molecular complexity index is 682. The average molecular weight is 355 g/mol. The maximum atomic E-state index is 12.3. The van der Waals surface area contributed by atoms with E-state index in [1.807, 2.05) is 60.7 Å². The molecule has 1 aliphatic carbocycles. The Labute approximate surface area is 153 Å². The summed E-state index contributed by atoms with van der Waals surface area (Å²) in [4.78, 5) is 12.3. The Morgan fingerprint density at radius 3 is 2.08 bits per heavy atom. The maximum Gasteiger partial charge on any atom is 0.407 e. The molecule has 1 saturated carbocycles. The van der Waals surface area contributed by atoms with Crippen molar-refractivity contribution < 1.29 is 19.7 Å². The number of nitrogens with one attached hydrogen (secondary N) is 1. The first-order valence-electron chi connectivity index (χ1n) is 9.01. The van der Waals surface area contributed by atoms with Crippen molar-refractivity contribution in [1.82, 2.24) is 5.32 Å². The van der Waals surface area contributed by atoms with Crippen molar-refractivity contribution >= 4 is 6.09 Å². The molecule has 5 nitrogen and oxygen atoms in total. The molecule has 0 unspecified atom stereocenters. The van der Waals surface area contributed by atoms with E-state index in [-0.39, 0.29) is 6.61 Å². The molecule has 0 heterocycles. The van der Waals surface area contributed by atoms with Gasteiger partial charge in [-0.3, -0.25) is 0 Å². The quantitative estimate of drug-likeness (QED) is 0.744. The van der Waals surface area contributed by atoms with Gasteiger partial charge in [0.25, 0.3) is 0 Å². The normalized spacial score (nSPS) is 21.3. The van der Waals surface area contributed by atoms with E-state index in [1.165, 1.54) is 0 Å². The number of ether oxygens (including phenoxy) is 1. The summed E-state index contributed by atoms with van der Waals surface area (Å²) in [5, 5.41) is 23.4. The number of aliphatic hydroxyl groups is 2. The Morgan fingerprint density at radius 1 is 0.962 bits per heavy atom. The van der Waals surface area contributed by atoms with E-state index in [2.05, 4.69) is 5.32 Å². The third kappa shape index (κ3) is 4.84. The molecular formula is C21H25NO4. The van der Waals surface area contributed by atoms with Crippen LogP contribution >= 0.6 is 0 Å². The van der Waals surface area contributed by atoms with Gasteiger partial charge in [0.05, 0.1) is 12.2 Å². The number of carbonyl (C=O) groups is 1. The van der Waals surface area contributed by atoms with Crippen LogP contribution in [0.3, 0.4) is 0 Å². The zero-order valence-electron chi connectivity index (χ0n) is 14.6. The van der Waals surface area contributed by atoms with E-state index >= 15 is 0 Å². The van der Waals surface area contributed by atoms with Gasteiger partial charge < -0.3 is 20.3 Å². The zero-order chi connectivity index (χ0) is 18.4. The molecule has 0 radical (unpaired) electrons. The minimum atomic E-state index is -0.631. The lowest BCUT2D eigenvalue weighted by Gasteiger charge is -2.29.